The number of amides is 1. The van der Waals surface area contributed by atoms with Gasteiger partial charge in [0.1, 0.15) is 0 Å². The lowest BCUT2D eigenvalue weighted by Crippen LogP contribution is -2.30. The van der Waals surface area contributed by atoms with E-state index in [1.165, 1.54) is 19.3 Å². The third-order valence-corrected chi connectivity index (χ3v) is 5.52. The van der Waals surface area contributed by atoms with Gasteiger partial charge >= 0.3 is 0 Å². The summed E-state index contributed by atoms with van der Waals surface area (Å²) in [5, 5.41) is 4.53. The second-order valence-corrected chi connectivity index (χ2v) is 7.63. The molecule has 4 heteroatoms. The van der Waals surface area contributed by atoms with Crippen LogP contribution in [0.25, 0.3) is 0 Å². The number of aromatic nitrogens is 2. The number of hydrogen-bond donors (Lipinski definition) is 0. The second kappa shape index (κ2) is 8.87. The Bertz CT molecular complexity index is 841. The topological polar surface area (TPSA) is 38.1 Å². The predicted octanol–water partition coefficient (Wildman–Crippen LogP) is 5.23. The fourth-order valence-electron chi connectivity index (χ4n) is 3.98. The molecule has 0 unspecified atom stereocenters. The first-order valence-electron chi connectivity index (χ1n) is 10.2. The molecule has 1 fully saturated rings. The Morgan fingerprint density at radius 2 is 1.46 bits per heavy atom. The molecular weight excluding hydrogens is 346 g/mol. The summed E-state index contributed by atoms with van der Waals surface area (Å²) in [5.74, 6) is 0.0368. The largest absolute Gasteiger partial charge is 0.330 e. The highest BCUT2D eigenvalue weighted by atomic mass is 16.2. The average Bonchev–Trinajstić information content (AvgIpc) is 3.25. The van der Waals surface area contributed by atoms with Gasteiger partial charge in [-0.2, -0.15) is 5.10 Å². The summed E-state index contributed by atoms with van der Waals surface area (Å²) in [6.07, 6.45) is 9.82. The second-order valence-electron chi connectivity index (χ2n) is 7.63. The number of hydrogen-bond acceptors (Lipinski definition) is 2. The van der Waals surface area contributed by atoms with Crippen LogP contribution in [0.1, 0.15) is 59.6 Å². The van der Waals surface area contributed by atoms with E-state index in [0.29, 0.717) is 24.7 Å². The quantitative estimate of drug-likeness (QED) is 0.593. The standard InChI is InChI=1S/C24H27N3O/c28-24(22-16-25-27(19-22)23-14-8-3-9-15-23)26(17-20-10-4-1-5-11-20)18-21-12-6-2-7-13-21/h1-2,4-7,10-13,16,19,23H,3,8-9,14-15,17-18H2. The fraction of sp³-hybridized carbons (Fsp3) is 0.333. The molecule has 1 saturated carbocycles. The molecule has 0 saturated heterocycles. The zero-order chi connectivity index (χ0) is 19.2. The molecular formula is C24H27N3O. The number of carbonyl (C=O) groups excluding carboxylic acids is 1. The summed E-state index contributed by atoms with van der Waals surface area (Å²) in [5.41, 5.74) is 2.94. The van der Waals surface area contributed by atoms with E-state index in [0.717, 1.165) is 24.0 Å². The first-order chi connectivity index (χ1) is 13.8. The Morgan fingerprint density at radius 1 is 0.893 bits per heavy atom. The van der Waals surface area contributed by atoms with E-state index >= 15 is 0 Å². The van der Waals surface area contributed by atoms with Crippen LogP contribution in [0.5, 0.6) is 0 Å². The molecule has 0 bridgehead atoms. The lowest BCUT2D eigenvalue weighted by atomic mass is 9.96. The minimum atomic E-state index is 0.0368. The van der Waals surface area contributed by atoms with Gasteiger partial charge in [-0.3, -0.25) is 9.48 Å². The number of nitrogens with zero attached hydrogens (tertiary/aromatic N) is 3. The van der Waals surface area contributed by atoms with Crippen LogP contribution in [-0.4, -0.2) is 20.6 Å². The van der Waals surface area contributed by atoms with Crippen molar-refractivity contribution in [2.75, 3.05) is 0 Å². The van der Waals surface area contributed by atoms with Gasteiger partial charge < -0.3 is 4.90 Å². The van der Waals surface area contributed by atoms with Crippen molar-refractivity contribution in [2.24, 2.45) is 0 Å². The molecule has 1 aliphatic carbocycles. The van der Waals surface area contributed by atoms with E-state index < -0.39 is 0 Å². The van der Waals surface area contributed by atoms with E-state index in [1.54, 1.807) is 6.20 Å². The van der Waals surface area contributed by atoms with Crippen molar-refractivity contribution in [3.05, 3.63) is 89.7 Å². The van der Waals surface area contributed by atoms with E-state index in [-0.39, 0.29) is 5.91 Å². The van der Waals surface area contributed by atoms with Gasteiger partial charge in [-0.1, -0.05) is 79.9 Å². The monoisotopic (exact) mass is 373 g/mol. The van der Waals surface area contributed by atoms with Crippen LogP contribution in [0.4, 0.5) is 0 Å². The highest BCUT2D eigenvalue weighted by Gasteiger charge is 2.21. The molecule has 0 aliphatic heterocycles. The highest BCUT2D eigenvalue weighted by molar-refractivity contribution is 5.93. The Morgan fingerprint density at radius 3 is 2.04 bits per heavy atom. The van der Waals surface area contributed by atoms with Gasteiger partial charge in [0.2, 0.25) is 0 Å². The van der Waals surface area contributed by atoms with Crippen LogP contribution in [0.3, 0.4) is 0 Å². The molecule has 2 aromatic carbocycles. The van der Waals surface area contributed by atoms with Crippen molar-refractivity contribution in [3.63, 3.8) is 0 Å². The summed E-state index contributed by atoms with van der Waals surface area (Å²) in [4.78, 5) is 15.2. The van der Waals surface area contributed by atoms with E-state index in [9.17, 15) is 4.79 Å². The molecule has 1 heterocycles. The molecule has 4 nitrogen and oxygen atoms in total. The van der Waals surface area contributed by atoms with Gasteiger partial charge in [0.25, 0.3) is 5.91 Å². The zero-order valence-electron chi connectivity index (χ0n) is 16.2. The SMILES string of the molecule is O=C(c1cnn(C2CCCCC2)c1)N(Cc1ccccc1)Cc1ccccc1. The molecule has 3 aromatic rings. The minimum absolute atomic E-state index is 0.0368. The van der Waals surface area contributed by atoms with Crippen molar-refractivity contribution >= 4 is 5.91 Å². The lowest BCUT2D eigenvalue weighted by molar-refractivity contribution is 0.0730. The molecule has 1 aromatic heterocycles. The molecule has 28 heavy (non-hydrogen) atoms. The summed E-state index contributed by atoms with van der Waals surface area (Å²) < 4.78 is 2.01. The molecule has 0 spiro atoms. The van der Waals surface area contributed by atoms with E-state index in [1.807, 2.05) is 52.2 Å². The van der Waals surface area contributed by atoms with E-state index in [2.05, 4.69) is 29.4 Å². The first-order valence-corrected chi connectivity index (χ1v) is 10.2. The minimum Gasteiger partial charge on any atom is -0.330 e. The molecule has 0 radical (unpaired) electrons. The maximum Gasteiger partial charge on any atom is 0.257 e. The third kappa shape index (κ3) is 4.50. The Kier molecular flexibility index (Phi) is 5.86. The molecule has 1 amide bonds. The van der Waals surface area contributed by atoms with Crippen LogP contribution < -0.4 is 0 Å². The molecule has 4 rings (SSSR count). The average molecular weight is 374 g/mol. The van der Waals surface area contributed by atoms with Crippen molar-refractivity contribution in [1.29, 1.82) is 0 Å². The van der Waals surface area contributed by atoms with Gasteiger partial charge in [-0.05, 0) is 24.0 Å². The van der Waals surface area contributed by atoms with Crippen LogP contribution in [0.15, 0.2) is 73.1 Å². The van der Waals surface area contributed by atoms with Crippen molar-refractivity contribution < 1.29 is 4.79 Å². The van der Waals surface area contributed by atoms with Gasteiger partial charge in [0.15, 0.2) is 0 Å². The first kappa shape index (κ1) is 18.5. The third-order valence-electron chi connectivity index (χ3n) is 5.52. The lowest BCUT2D eigenvalue weighted by Gasteiger charge is -2.23. The molecule has 144 valence electrons. The van der Waals surface area contributed by atoms with Crippen molar-refractivity contribution in [1.82, 2.24) is 14.7 Å². The maximum absolute atomic E-state index is 13.3. The van der Waals surface area contributed by atoms with Crippen molar-refractivity contribution in [2.45, 2.75) is 51.2 Å². The predicted molar refractivity (Wildman–Crippen MR) is 111 cm³/mol. The Hall–Kier alpha value is -2.88. The number of rotatable bonds is 6. The smallest absolute Gasteiger partial charge is 0.257 e. The summed E-state index contributed by atoms with van der Waals surface area (Å²) in [7, 11) is 0. The number of carbonyl (C=O) groups is 1. The van der Waals surface area contributed by atoms with E-state index in [4.69, 9.17) is 0 Å². The summed E-state index contributed by atoms with van der Waals surface area (Å²) >= 11 is 0. The number of benzene rings is 2. The van der Waals surface area contributed by atoms with Gasteiger partial charge in [-0.15, -0.1) is 0 Å². The summed E-state index contributed by atoms with van der Waals surface area (Å²) in [6, 6.07) is 20.8. The Labute approximate surface area is 166 Å². The van der Waals surface area contributed by atoms with Crippen LogP contribution in [-0.2, 0) is 13.1 Å². The van der Waals surface area contributed by atoms with Gasteiger partial charge in [0.05, 0.1) is 17.8 Å². The summed E-state index contributed by atoms with van der Waals surface area (Å²) in [6.45, 7) is 1.17. The molecule has 1 aliphatic rings. The fourth-order valence-corrected chi connectivity index (χ4v) is 3.98. The van der Waals surface area contributed by atoms with Crippen LogP contribution >= 0.6 is 0 Å². The van der Waals surface area contributed by atoms with Crippen LogP contribution in [0.2, 0.25) is 0 Å². The van der Waals surface area contributed by atoms with Crippen LogP contribution in [0, 0.1) is 0 Å². The Balaban J connectivity index is 1.54. The maximum atomic E-state index is 13.3. The van der Waals surface area contributed by atoms with Gasteiger partial charge in [0, 0.05) is 19.3 Å². The molecule has 0 N–H and O–H groups in total. The normalized spacial score (nSPS) is 14.7. The highest BCUT2D eigenvalue weighted by Crippen LogP contribution is 2.27. The molecule has 0 atom stereocenters. The zero-order valence-corrected chi connectivity index (χ0v) is 16.2. The van der Waals surface area contributed by atoms with Gasteiger partial charge in [-0.25, -0.2) is 0 Å². The van der Waals surface area contributed by atoms with Crippen molar-refractivity contribution in [3.8, 4) is 0 Å².